The van der Waals surface area contributed by atoms with E-state index in [1.165, 1.54) is 33.6 Å². The van der Waals surface area contributed by atoms with E-state index in [-0.39, 0.29) is 17.5 Å². The summed E-state index contributed by atoms with van der Waals surface area (Å²) in [5, 5.41) is 7.51. The molecule has 2 amide bonds. The Labute approximate surface area is 160 Å². The van der Waals surface area contributed by atoms with Crippen LogP contribution in [0.3, 0.4) is 0 Å². The molecule has 27 heavy (non-hydrogen) atoms. The van der Waals surface area contributed by atoms with E-state index in [0.717, 1.165) is 12.8 Å². The van der Waals surface area contributed by atoms with Crippen LogP contribution in [-0.2, 0) is 18.6 Å². The van der Waals surface area contributed by atoms with E-state index in [1.807, 2.05) is 18.4 Å². The van der Waals surface area contributed by atoms with Crippen LogP contribution in [0.25, 0.3) is 5.65 Å². The van der Waals surface area contributed by atoms with Gasteiger partial charge >= 0.3 is 0 Å². The number of rotatable bonds is 5. The molecule has 0 unspecified atom stereocenters. The van der Waals surface area contributed by atoms with Gasteiger partial charge in [-0.15, -0.1) is 0 Å². The van der Waals surface area contributed by atoms with Crippen molar-refractivity contribution in [3.8, 4) is 0 Å². The zero-order valence-corrected chi connectivity index (χ0v) is 15.6. The third-order valence-corrected chi connectivity index (χ3v) is 5.30. The molecule has 0 radical (unpaired) electrons. The highest BCUT2D eigenvalue weighted by molar-refractivity contribution is 7.97. The molecule has 4 rings (SSSR count). The number of primary amides is 1. The maximum absolute atomic E-state index is 12.9. The Hall–Kier alpha value is -2.87. The van der Waals surface area contributed by atoms with E-state index < -0.39 is 5.91 Å². The number of hydrogen-bond donors (Lipinski definition) is 2. The van der Waals surface area contributed by atoms with E-state index in [9.17, 15) is 9.59 Å². The quantitative estimate of drug-likeness (QED) is 0.699. The number of fused-ring (bicyclic) bond motifs is 2. The maximum atomic E-state index is 12.9. The number of hydrogen-bond acceptors (Lipinski definition) is 5. The number of carbonyl (C=O) groups is 2. The average molecular weight is 381 g/mol. The van der Waals surface area contributed by atoms with Gasteiger partial charge < -0.3 is 11.1 Å². The molecule has 0 fully saturated rings. The number of nitrogens with zero attached hydrogens (tertiary/aromatic N) is 3. The van der Waals surface area contributed by atoms with Crippen molar-refractivity contribution in [3.63, 3.8) is 0 Å². The summed E-state index contributed by atoms with van der Waals surface area (Å²) in [5.41, 5.74) is 9.51. The molecule has 1 aliphatic rings. The Balaban J connectivity index is 1.65. The lowest BCUT2D eigenvalue weighted by molar-refractivity contribution is 0.0929. The number of nitrogens with one attached hydrogen (secondary N) is 1. The van der Waals surface area contributed by atoms with Gasteiger partial charge in [-0.3, -0.25) is 9.59 Å². The van der Waals surface area contributed by atoms with E-state index in [1.54, 1.807) is 6.07 Å². The van der Waals surface area contributed by atoms with Gasteiger partial charge in [0.15, 0.2) is 5.65 Å². The number of nitrogens with two attached hydrogens (primary N) is 1. The minimum Gasteiger partial charge on any atom is -0.365 e. The molecule has 1 aromatic carbocycles. The van der Waals surface area contributed by atoms with Crippen LogP contribution in [0, 0.1) is 0 Å². The molecule has 2 aromatic heterocycles. The third-order valence-electron chi connectivity index (χ3n) is 4.74. The summed E-state index contributed by atoms with van der Waals surface area (Å²) < 4.78 is 1.42. The van der Waals surface area contributed by atoms with E-state index >= 15 is 0 Å². The van der Waals surface area contributed by atoms with Crippen molar-refractivity contribution in [2.45, 2.75) is 24.6 Å². The van der Waals surface area contributed by atoms with Gasteiger partial charge in [0.1, 0.15) is 11.3 Å². The van der Waals surface area contributed by atoms with Crippen LogP contribution in [0.1, 0.15) is 37.7 Å². The summed E-state index contributed by atoms with van der Waals surface area (Å²) >= 11 is 1.52. The summed E-state index contributed by atoms with van der Waals surface area (Å²) in [4.78, 5) is 29.0. The second-order valence-electron chi connectivity index (χ2n) is 6.53. The van der Waals surface area contributed by atoms with Crippen LogP contribution in [-0.4, -0.2) is 38.7 Å². The van der Waals surface area contributed by atoms with Gasteiger partial charge in [-0.25, -0.2) is 9.50 Å². The Morgan fingerprint density at radius 1 is 1.26 bits per heavy atom. The molecule has 3 aromatic rings. The topological polar surface area (TPSA) is 102 Å². The SMILES string of the molecule is CSCc1nn2c(C(=O)NC3Cc4ccccc4C3)ccnc2c1C(N)=O. The van der Waals surface area contributed by atoms with Gasteiger partial charge in [-0.05, 0) is 36.3 Å². The number of carbonyl (C=O) groups excluding carboxylic acids is 2. The van der Waals surface area contributed by atoms with Crippen molar-refractivity contribution < 1.29 is 9.59 Å². The first-order valence-corrected chi connectivity index (χ1v) is 10.0. The lowest BCUT2D eigenvalue weighted by Gasteiger charge is -2.12. The Kier molecular flexibility index (Phi) is 4.57. The predicted octanol–water partition coefficient (Wildman–Crippen LogP) is 1.59. The van der Waals surface area contributed by atoms with Gasteiger partial charge in [-0.2, -0.15) is 16.9 Å². The summed E-state index contributed by atoms with van der Waals surface area (Å²) in [5.74, 6) is -0.319. The van der Waals surface area contributed by atoms with Gasteiger partial charge in [0.05, 0.1) is 5.69 Å². The first-order valence-electron chi connectivity index (χ1n) is 8.61. The van der Waals surface area contributed by atoms with E-state index in [0.29, 0.717) is 22.8 Å². The molecule has 2 heterocycles. The second-order valence-corrected chi connectivity index (χ2v) is 7.40. The minimum absolute atomic E-state index is 0.0370. The maximum Gasteiger partial charge on any atom is 0.270 e. The van der Waals surface area contributed by atoms with Crippen molar-refractivity contribution in [3.05, 3.63) is 64.6 Å². The molecule has 0 spiro atoms. The normalized spacial score (nSPS) is 13.7. The van der Waals surface area contributed by atoms with Crippen molar-refractivity contribution in [2.75, 3.05) is 6.26 Å². The lowest BCUT2D eigenvalue weighted by Crippen LogP contribution is -2.36. The Morgan fingerprint density at radius 3 is 2.59 bits per heavy atom. The highest BCUT2D eigenvalue weighted by Gasteiger charge is 2.26. The summed E-state index contributed by atoms with van der Waals surface area (Å²) in [7, 11) is 0. The fourth-order valence-corrected chi connectivity index (χ4v) is 4.05. The monoisotopic (exact) mass is 381 g/mol. The molecule has 8 heteroatoms. The van der Waals surface area contributed by atoms with Crippen LogP contribution in [0.4, 0.5) is 0 Å². The predicted molar refractivity (Wildman–Crippen MR) is 104 cm³/mol. The summed E-state index contributed by atoms with van der Waals surface area (Å²) in [6.07, 6.45) is 5.03. The molecular formula is C19H19N5O2S. The number of thioether (sulfide) groups is 1. The van der Waals surface area contributed by atoms with Crippen molar-refractivity contribution in [2.24, 2.45) is 5.73 Å². The molecule has 0 bridgehead atoms. The summed E-state index contributed by atoms with van der Waals surface area (Å²) in [6, 6.07) is 9.84. The summed E-state index contributed by atoms with van der Waals surface area (Å²) in [6.45, 7) is 0. The van der Waals surface area contributed by atoms with Crippen LogP contribution >= 0.6 is 11.8 Å². The van der Waals surface area contributed by atoms with Crippen molar-refractivity contribution in [1.82, 2.24) is 19.9 Å². The largest absolute Gasteiger partial charge is 0.365 e. The average Bonchev–Trinajstić information content (AvgIpc) is 3.21. The molecule has 0 aliphatic heterocycles. The van der Waals surface area contributed by atoms with Gasteiger partial charge in [-0.1, -0.05) is 24.3 Å². The number of benzene rings is 1. The van der Waals surface area contributed by atoms with E-state index in [2.05, 4.69) is 27.5 Å². The number of amides is 2. The zero-order chi connectivity index (χ0) is 19.0. The Bertz CT molecular complexity index is 1020. The van der Waals surface area contributed by atoms with Crippen molar-refractivity contribution >= 4 is 29.2 Å². The molecule has 1 aliphatic carbocycles. The smallest absolute Gasteiger partial charge is 0.270 e. The number of aromatic nitrogens is 3. The molecular weight excluding hydrogens is 362 g/mol. The van der Waals surface area contributed by atoms with Gasteiger partial charge in [0.2, 0.25) is 0 Å². The fourth-order valence-electron chi connectivity index (χ4n) is 3.57. The molecule has 7 nitrogen and oxygen atoms in total. The first kappa shape index (κ1) is 17.5. The second kappa shape index (κ2) is 7.03. The van der Waals surface area contributed by atoms with Crippen molar-refractivity contribution in [1.29, 1.82) is 0 Å². The van der Waals surface area contributed by atoms with Crippen LogP contribution in [0.5, 0.6) is 0 Å². The fraction of sp³-hybridized carbons (Fsp3) is 0.263. The van der Waals surface area contributed by atoms with Crippen LogP contribution in [0.2, 0.25) is 0 Å². The lowest BCUT2D eigenvalue weighted by atomic mass is 10.1. The molecule has 3 N–H and O–H groups in total. The van der Waals surface area contributed by atoms with Gasteiger partial charge in [0.25, 0.3) is 11.8 Å². The molecule has 0 atom stereocenters. The first-order chi connectivity index (χ1) is 13.1. The molecule has 0 saturated carbocycles. The zero-order valence-electron chi connectivity index (χ0n) is 14.8. The van der Waals surface area contributed by atoms with Gasteiger partial charge in [0, 0.05) is 18.0 Å². The van der Waals surface area contributed by atoms with Crippen LogP contribution in [0.15, 0.2) is 36.5 Å². The highest BCUT2D eigenvalue weighted by Crippen LogP contribution is 2.22. The highest BCUT2D eigenvalue weighted by atomic mass is 32.2. The molecule has 0 saturated heterocycles. The minimum atomic E-state index is -0.592. The van der Waals surface area contributed by atoms with E-state index in [4.69, 9.17) is 5.73 Å². The standard InChI is InChI=1S/C19H19N5O2S/c1-27-10-14-16(17(20)25)18-21-7-6-15(24(18)23-14)19(26)22-13-8-11-4-2-3-5-12(11)9-13/h2-7,13H,8-10H2,1H3,(H2,20,25)(H,22,26). The third kappa shape index (κ3) is 3.16. The molecule has 138 valence electrons. The Morgan fingerprint density at radius 2 is 1.96 bits per heavy atom. The van der Waals surface area contributed by atoms with Crippen LogP contribution < -0.4 is 11.1 Å².